The Labute approximate surface area is 121 Å². The summed E-state index contributed by atoms with van der Waals surface area (Å²) in [5, 5.41) is 0. The Hall–Kier alpha value is 4.75. The van der Waals surface area contributed by atoms with E-state index in [9.17, 15) is 0 Å². The fraction of sp³-hybridized carbons (Fsp3) is 0. The third-order valence-electron chi connectivity index (χ3n) is 0. The zero-order chi connectivity index (χ0) is 6.00. The van der Waals surface area contributed by atoms with E-state index in [-0.39, 0.29) is 0 Å². The van der Waals surface area contributed by atoms with Gasteiger partial charge in [-0.25, -0.2) is 0 Å². The number of halogens is 3. The van der Waals surface area contributed by atoms with Crippen molar-refractivity contribution in [2.75, 3.05) is 0 Å². The van der Waals surface area contributed by atoms with E-state index in [0.717, 1.165) is 29.6 Å². The first-order chi connectivity index (χ1) is 3.00. The molecule has 6 heavy (non-hydrogen) atoms. The first-order valence-corrected chi connectivity index (χ1v) is 11.8. The van der Waals surface area contributed by atoms with Crippen molar-refractivity contribution in [2.45, 2.75) is 0 Å². The molecule has 0 aromatic heterocycles. The van der Waals surface area contributed by atoms with Crippen LogP contribution < -0.4 is 0 Å². The molecule has 0 bridgehead atoms. The Morgan fingerprint density at radius 2 is 1.17 bits per heavy atom. The first-order valence-electron chi connectivity index (χ1n) is 0.579. The minimum atomic E-state index is 0.639. The van der Waals surface area contributed by atoms with Crippen LogP contribution in [-0.4, -0.2) is 0 Å². The summed E-state index contributed by atoms with van der Waals surface area (Å²) in [6.45, 7) is 4.81. The van der Waals surface area contributed by atoms with Crippen LogP contribution in [0.3, 0.4) is 0 Å². The molecule has 0 saturated heterocycles. The molecular formula is Cl3EuLaY. The van der Waals surface area contributed by atoms with Crippen molar-refractivity contribution in [3.8, 4) is 0 Å². The van der Waals surface area contributed by atoms with Crippen LogP contribution in [0.5, 0.6) is 0 Å². The van der Waals surface area contributed by atoms with Gasteiger partial charge in [-0.1, -0.05) is 0 Å². The van der Waals surface area contributed by atoms with E-state index in [1.807, 2.05) is 0 Å². The van der Waals surface area contributed by atoms with Gasteiger partial charge in [0.15, 0.2) is 0 Å². The first kappa shape index (κ1) is 17.0. The summed E-state index contributed by atoms with van der Waals surface area (Å²) in [4.78, 5) is 0. The second-order valence-corrected chi connectivity index (χ2v) is 0. The molecule has 0 nitrogen and oxygen atoms in total. The van der Waals surface area contributed by atoms with E-state index in [0.29, 0.717) is 32.3 Å². The van der Waals surface area contributed by atoms with Gasteiger partial charge in [-0.3, -0.25) is 0 Å². The molecule has 0 aliphatic carbocycles. The molecule has 0 saturated carbocycles. The van der Waals surface area contributed by atoms with Gasteiger partial charge in [0.1, 0.15) is 0 Å². The van der Waals surface area contributed by atoms with Gasteiger partial charge in [-0.15, -0.1) is 0 Å². The van der Waals surface area contributed by atoms with E-state index in [1.54, 1.807) is 0 Å². The van der Waals surface area contributed by atoms with Crippen molar-refractivity contribution in [1.29, 1.82) is 0 Å². The predicted molar refractivity (Wildman–Crippen MR) is 17.6 cm³/mol. The second-order valence-electron chi connectivity index (χ2n) is 0. The number of rotatable bonds is 0. The summed E-state index contributed by atoms with van der Waals surface area (Å²) >= 11 is 2.66. The van der Waals surface area contributed by atoms with Gasteiger partial charge < -0.3 is 0 Å². The summed E-state index contributed by atoms with van der Waals surface area (Å²) in [5.41, 5.74) is 0. The Morgan fingerprint density at radius 1 is 1.17 bits per heavy atom. The van der Waals surface area contributed by atoms with Crippen molar-refractivity contribution >= 4 is 18.3 Å². The Morgan fingerprint density at radius 3 is 1.17 bits per heavy atom. The molecule has 0 aromatic carbocycles. The molecule has 0 spiro atoms. The van der Waals surface area contributed by atoms with Gasteiger partial charge in [-0.2, -0.15) is 0 Å². The molecule has 6 heteroatoms. The molecule has 0 aromatic rings. The van der Waals surface area contributed by atoms with E-state index >= 15 is 0 Å². The zero-order valence-corrected chi connectivity index (χ0v) is 13.8. The van der Waals surface area contributed by atoms with E-state index < -0.39 is 0 Å². The molecule has 0 aliphatic rings. The van der Waals surface area contributed by atoms with Gasteiger partial charge in [0.25, 0.3) is 0 Å². The Kier molecular flexibility index (Phi) is 93.8. The van der Waals surface area contributed by atoms with Gasteiger partial charge >= 0.3 is 125 Å². The summed E-state index contributed by atoms with van der Waals surface area (Å²) in [6, 6.07) is 0. The predicted octanol–water partition coefficient (Wildman–Crippen LogP) is 2.07. The Balaban J connectivity index is -0.0000000225. The molecule has 0 amide bonds. The van der Waals surface area contributed by atoms with Crippen LogP contribution >= 0.6 is 18.3 Å². The quantitative estimate of drug-likeness (QED) is 0.493. The number of hydrogen-bond acceptors (Lipinski definition) is 0. The summed E-state index contributed by atoms with van der Waals surface area (Å²) < 4.78 is 4.69. The van der Waals surface area contributed by atoms with E-state index in [2.05, 4.69) is 0 Å². The third-order valence-corrected chi connectivity index (χ3v) is 0. The molecule has 34 valence electrons. The normalized spacial score (nSPS) is 2.33. The SMILES string of the molecule is [Cl][Eu].[Cl][La].[Cl][Y]. The van der Waals surface area contributed by atoms with Gasteiger partial charge in [0.2, 0.25) is 0 Å². The Bertz CT molecular complexity index is 10.8. The zero-order valence-electron chi connectivity index (χ0n) is 2.67. The molecule has 0 atom stereocenters. The average Bonchev–Trinajstić information content (AvgIpc) is 1.81. The van der Waals surface area contributed by atoms with Crippen LogP contribution in [0.25, 0.3) is 0 Å². The summed E-state index contributed by atoms with van der Waals surface area (Å²) in [5.74, 6) is 0. The average molecular weight is 486 g/mol. The van der Waals surface area contributed by atoms with Crippen molar-refractivity contribution in [3.05, 3.63) is 0 Å². The fourth-order valence-electron chi connectivity index (χ4n) is 0. The topological polar surface area (TPSA) is 0 Å². The van der Waals surface area contributed by atoms with Crippen LogP contribution in [0, 0.1) is 77.5 Å². The van der Waals surface area contributed by atoms with Crippen LogP contribution in [0.15, 0.2) is 0 Å². The molecule has 0 fully saturated rings. The van der Waals surface area contributed by atoms with Crippen LogP contribution in [0.1, 0.15) is 0 Å². The monoisotopic (exact) mass is 486 g/mol. The summed E-state index contributed by atoms with van der Waals surface area (Å²) in [7, 11) is 4.77. The van der Waals surface area contributed by atoms with Gasteiger partial charge in [0.05, 0.1) is 0 Å². The molecule has 0 unspecified atom stereocenters. The molecular weight excluding hydrogens is 486 g/mol. The van der Waals surface area contributed by atoms with E-state index in [4.69, 9.17) is 18.3 Å². The third kappa shape index (κ3) is 23.3. The van der Waals surface area contributed by atoms with Gasteiger partial charge in [-0.05, 0) is 0 Å². The molecule has 0 N–H and O–H groups in total. The fourth-order valence-corrected chi connectivity index (χ4v) is 0. The molecule has 0 rings (SSSR count). The van der Waals surface area contributed by atoms with Crippen molar-refractivity contribution in [3.63, 3.8) is 0 Å². The molecule has 0 radical (unpaired) electrons. The maximum atomic E-state index is 4.81. The summed E-state index contributed by atoms with van der Waals surface area (Å²) in [6.07, 6.45) is 0. The van der Waals surface area contributed by atoms with Gasteiger partial charge in [0, 0.05) is 0 Å². The van der Waals surface area contributed by atoms with Crippen LogP contribution in [0.2, 0.25) is 0 Å². The second kappa shape index (κ2) is 33.1. The number of hydrogen-bond donors (Lipinski definition) is 0. The standard InChI is InChI=1S/3ClH.Eu.La.Y/h3*1H;;;/q;;;3*+1/p-3. The van der Waals surface area contributed by atoms with Crippen molar-refractivity contribution < 1.29 is 107 Å². The minimum absolute atomic E-state index is 0.639. The molecule has 0 heterocycles. The van der Waals surface area contributed by atoms with Crippen molar-refractivity contribution in [2.24, 2.45) is 0 Å². The maximum absolute atomic E-state index is 4.81. The molecule has 0 aliphatic heterocycles. The van der Waals surface area contributed by atoms with Crippen LogP contribution in [0.4, 0.5) is 0 Å². The van der Waals surface area contributed by atoms with Crippen LogP contribution in [-0.2, 0) is 29.6 Å². The van der Waals surface area contributed by atoms with Crippen molar-refractivity contribution in [1.82, 2.24) is 0 Å². The van der Waals surface area contributed by atoms with E-state index in [1.165, 1.54) is 45.2 Å².